The van der Waals surface area contributed by atoms with Crippen molar-refractivity contribution in [2.24, 2.45) is 5.41 Å². The molecule has 0 bridgehead atoms. The van der Waals surface area contributed by atoms with E-state index in [1.807, 2.05) is 13.0 Å². The lowest BCUT2D eigenvalue weighted by Gasteiger charge is -2.29. The molecule has 5 nitrogen and oxygen atoms in total. The highest BCUT2D eigenvalue weighted by atomic mass is 16.6. The number of rotatable bonds is 3. The van der Waals surface area contributed by atoms with Gasteiger partial charge >= 0.3 is 0 Å². The van der Waals surface area contributed by atoms with Crippen LogP contribution in [0.5, 0.6) is 0 Å². The minimum Gasteiger partial charge on any atom is -0.381 e. The fourth-order valence-corrected chi connectivity index (χ4v) is 1.31. The Labute approximate surface area is 107 Å². The molecule has 0 radical (unpaired) electrons. The highest BCUT2D eigenvalue weighted by Gasteiger charge is 2.21. The molecule has 1 atom stereocenters. The molecule has 5 heteroatoms. The maximum absolute atomic E-state index is 10.6. The molecular weight excluding hydrogens is 230 g/mol. The van der Waals surface area contributed by atoms with E-state index >= 15 is 0 Å². The predicted molar refractivity (Wildman–Crippen MR) is 70.4 cm³/mol. The zero-order chi connectivity index (χ0) is 13.9. The first-order chi connectivity index (χ1) is 8.25. The molecular formula is C13H17N3O2. The third-order valence-corrected chi connectivity index (χ3v) is 3.01. The normalized spacial score (nSPS) is 12.6. The van der Waals surface area contributed by atoms with Crippen molar-refractivity contribution in [3.05, 3.63) is 33.9 Å². The third-order valence-electron chi connectivity index (χ3n) is 3.01. The summed E-state index contributed by atoms with van der Waals surface area (Å²) in [5.41, 5.74) is 0.889. The van der Waals surface area contributed by atoms with Crippen molar-refractivity contribution in [3.8, 4) is 6.07 Å². The number of hydrogen-bond donors (Lipinski definition) is 1. The van der Waals surface area contributed by atoms with Gasteiger partial charge in [-0.1, -0.05) is 20.8 Å². The van der Waals surface area contributed by atoms with Gasteiger partial charge < -0.3 is 5.32 Å². The standard InChI is InChI=1S/C13H17N3O2/c1-9(13(2,3)4)15-12-6-5-11(16(17)18)7-10(12)8-14/h5-7,9,15H,1-4H3. The summed E-state index contributed by atoms with van der Waals surface area (Å²) >= 11 is 0. The first-order valence-corrected chi connectivity index (χ1v) is 5.71. The van der Waals surface area contributed by atoms with Crippen molar-refractivity contribution in [1.29, 1.82) is 5.26 Å². The summed E-state index contributed by atoms with van der Waals surface area (Å²) in [6.07, 6.45) is 0. The highest BCUT2D eigenvalue weighted by Crippen LogP contribution is 2.26. The van der Waals surface area contributed by atoms with Crippen LogP contribution in [-0.4, -0.2) is 11.0 Å². The molecule has 18 heavy (non-hydrogen) atoms. The number of non-ortho nitro benzene ring substituents is 1. The minimum atomic E-state index is -0.502. The summed E-state index contributed by atoms with van der Waals surface area (Å²) in [5, 5.41) is 22.9. The van der Waals surface area contributed by atoms with Gasteiger partial charge in [-0.2, -0.15) is 5.26 Å². The molecule has 1 N–H and O–H groups in total. The van der Waals surface area contributed by atoms with E-state index in [1.54, 1.807) is 6.07 Å². The predicted octanol–water partition coefficient (Wildman–Crippen LogP) is 3.31. The molecule has 0 saturated heterocycles. The van der Waals surface area contributed by atoms with Crippen LogP contribution in [0.1, 0.15) is 33.3 Å². The van der Waals surface area contributed by atoms with Gasteiger partial charge in [-0.15, -0.1) is 0 Å². The average Bonchev–Trinajstić information content (AvgIpc) is 2.27. The molecule has 0 saturated carbocycles. The number of nitro groups is 1. The van der Waals surface area contributed by atoms with Crippen molar-refractivity contribution < 1.29 is 4.92 Å². The Kier molecular flexibility index (Phi) is 3.92. The van der Waals surface area contributed by atoms with Crippen LogP contribution in [0.3, 0.4) is 0 Å². The van der Waals surface area contributed by atoms with Gasteiger partial charge in [0.2, 0.25) is 0 Å². The third kappa shape index (κ3) is 3.20. The quantitative estimate of drug-likeness (QED) is 0.656. The summed E-state index contributed by atoms with van der Waals surface area (Å²) in [6.45, 7) is 8.27. The second-order valence-electron chi connectivity index (χ2n) is 5.33. The van der Waals surface area contributed by atoms with Crippen LogP contribution in [-0.2, 0) is 0 Å². The number of benzene rings is 1. The van der Waals surface area contributed by atoms with E-state index in [-0.39, 0.29) is 17.1 Å². The highest BCUT2D eigenvalue weighted by molar-refractivity contribution is 5.61. The van der Waals surface area contributed by atoms with Crippen LogP contribution in [0.25, 0.3) is 0 Å². The zero-order valence-electron chi connectivity index (χ0n) is 11.0. The molecule has 0 spiro atoms. The Morgan fingerprint density at radius 3 is 2.50 bits per heavy atom. The monoisotopic (exact) mass is 247 g/mol. The zero-order valence-corrected chi connectivity index (χ0v) is 11.0. The minimum absolute atomic E-state index is 0.0362. The van der Waals surface area contributed by atoms with Gasteiger partial charge in [-0.05, 0) is 18.4 Å². The smallest absolute Gasteiger partial charge is 0.270 e. The van der Waals surface area contributed by atoms with E-state index in [2.05, 4.69) is 26.1 Å². The molecule has 0 amide bonds. The molecule has 0 aromatic heterocycles. The van der Waals surface area contributed by atoms with Gasteiger partial charge in [-0.25, -0.2) is 0 Å². The molecule has 1 unspecified atom stereocenters. The summed E-state index contributed by atoms with van der Waals surface area (Å²) in [5.74, 6) is 0. The van der Waals surface area contributed by atoms with E-state index in [9.17, 15) is 10.1 Å². The van der Waals surface area contributed by atoms with Crippen LogP contribution in [0.4, 0.5) is 11.4 Å². The fraction of sp³-hybridized carbons (Fsp3) is 0.462. The van der Waals surface area contributed by atoms with Crippen molar-refractivity contribution in [2.75, 3.05) is 5.32 Å². The first-order valence-electron chi connectivity index (χ1n) is 5.71. The molecule has 0 aliphatic carbocycles. The Bertz CT molecular complexity index is 498. The van der Waals surface area contributed by atoms with Crippen molar-refractivity contribution >= 4 is 11.4 Å². The number of nitrogens with zero attached hydrogens (tertiary/aromatic N) is 2. The van der Waals surface area contributed by atoms with E-state index < -0.39 is 4.92 Å². The molecule has 0 fully saturated rings. The second kappa shape index (κ2) is 5.05. The SMILES string of the molecule is CC(Nc1ccc([N+](=O)[O-])cc1C#N)C(C)(C)C. The average molecular weight is 247 g/mol. The molecule has 0 heterocycles. The van der Waals surface area contributed by atoms with Crippen LogP contribution < -0.4 is 5.32 Å². The summed E-state index contributed by atoms with van der Waals surface area (Å²) in [4.78, 5) is 10.1. The summed E-state index contributed by atoms with van der Waals surface area (Å²) < 4.78 is 0. The molecule has 1 aromatic rings. The van der Waals surface area contributed by atoms with E-state index in [4.69, 9.17) is 5.26 Å². The second-order valence-corrected chi connectivity index (χ2v) is 5.33. The van der Waals surface area contributed by atoms with Gasteiger partial charge in [0.05, 0.1) is 16.2 Å². The maximum Gasteiger partial charge on any atom is 0.270 e. The van der Waals surface area contributed by atoms with Crippen molar-refractivity contribution in [3.63, 3.8) is 0 Å². The topological polar surface area (TPSA) is 79.0 Å². The molecule has 0 aliphatic heterocycles. The van der Waals surface area contributed by atoms with Crippen LogP contribution in [0, 0.1) is 26.9 Å². The Hall–Kier alpha value is -2.09. The fourth-order valence-electron chi connectivity index (χ4n) is 1.31. The Morgan fingerprint density at radius 2 is 2.06 bits per heavy atom. The largest absolute Gasteiger partial charge is 0.381 e. The van der Waals surface area contributed by atoms with Crippen LogP contribution in [0.2, 0.25) is 0 Å². The number of nitrogens with one attached hydrogen (secondary N) is 1. The Morgan fingerprint density at radius 1 is 1.44 bits per heavy atom. The Balaban J connectivity index is 3.05. The van der Waals surface area contributed by atoms with Gasteiger partial charge in [0.25, 0.3) is 5.69 Å². The number of anilines is 1. The summed E-state index contributed by atoms with van der Waals surface area (Å²) in [7, 11) is 0. The molecule has 0 aliphatic rings. The van der Waals surface area contributed by atoms with E-state index in [0.29, 0.717) is 11.3 Å². The van der Waals surface area contributed by atoms with Crippen molar-refractivity contribution in [1.82, 2.24) is 0 Å². The van der Waals surface area contributed by atoms with Gasteiger partial charge in [0.15, 0.2) is 0 Å². The number of hydrogen-bond acceptors (Lipinski definition) is 4. The number of nitriles is 1. The van der Waals surface area contributed by atoms with Crippen LogP contribution in [0.15, 0.2) is 18.2 Å². The lowest BCUT2D eigenvalue weighted by Crippen LogP contribution is -2.31. The van der Waals surface area contributed by atoms with E-state index in [0.717, 1.165) is 0 Å². The number of nitro benzene ring substituents is 1. The maximum atomic E-state index is 10.6. The first kappa shape index (κ1) is 14.0. The van der Waals surface area contributed by atoms with Gasteiger partial charge in [-0.3, -0.25) is 10.1 Å². The van der Waals surface area contributed by atoms with Gasteiger partial charge in [0, 0.05) is 18.2 Å². The van der Waals surface area contributed by atoms with Crippen LogP contribution >= 0.6 is 0 Å². The van der Waals surface area contributed by atoms with E-state index in [1.165, 1.54) is 12.1 Å². The van der Waals surface area contributed by atoms with Gasteiger partial charge in [0.1, 0.15) is 6.07 Å². The molecule has 1 aromatic carbocycles. The molecule has 96 valence electrons. The summed E-state index contributed by atoms with van der Waals surface area (Å²) in [6, 6.07) is 6.40. The lowest BCUT2D eigenvalue weighted by atomic mass is 9.88. The lowest BCUT2D eigenvalue weighted by molar-refractivity contribution is -0.384. The molecule has 1 rings (SSSR count). The van der Waals surface area contributed by atoms with Crippen molar-refractivity contribution in [2.45, 2.75) is 33.7 Å².